The minimum absolute atomic E-state index is 0.0231. The Bertz CT molecular complexity index is 1020. The Balaban J connectivity index is 1.71. The molecule has 0 aromatic heterocycles. The van der Waals surface area contributed by atoms with Gasteiger partial charge in [0.2, 0.25) is 5.91 Å². The molecule has 7 heteroatoms. The van der Waals surface area contributed by atoms with Crippen LogP contribution in [-0.4, -0.2) is 24.4 Å². The lowest BCUT2D eigenvalue weighted by atomic mass is 10.2. The number of carbonyl (C=O) groups excluding carboxylic acids is 1. The van der Waals surface area contributed by atoms with Crippen LogP contribution in [-0.2, 0) is 4.79 Å². The SMILES string of the molecule is Cc1ccc(NC(=O)CNc2ccccc2N(C)c2ccccc2)c([N+](=O)[O-])c1. The largest absolute Gasteiger partial charge is 0.374 e. The van der Waals surface area contributed by atoms with Crippen LogP contribution in [0.5, 0.6) is 0 Å². The van der Waals surface area contributed by atoms with E-state index in [0.717, 1.165) is 22.6 Å². The first-order chi connectivity index (χ1) is 14.0. The molecule has 0 unspecified atom stereocenters. The van der Waals surface area contributed by atoms with Crippen molar-refractivity contribution in [1.82, 2.24) is 0 Å². The maximum Gasteiger partial charge on any atom is 0.293 e. The average Bonchev–Trinajstić information content (AvgIpc) is 2.73. The molecule has 0 aliphatic heterocycles. The van der Waals surface area contributed by atoms with Crippen LogP contribution in [0.15, 0.2) is 72.8 Å². The van der Waals surface area contributed by atoms with Crippen LogP contribution in [0.25, 0.3) is 0 Å². The molecule has 0 radical (unpaired) electrons. The van der Waals surface area contributed by atoms with Crippen LogP contribution in [0.1, 0.15) is 5.56 Å². The van der Waals surface area contributed by atoms with Gasteiger partial charge in [0.05, 0.1) is 22.8 Å². The standard InChI is InChI=1S/C22H22N4O3/c1-16-12-13-19(21(14-16)26(28)29)24-22(27)15-23-18-10-6-7-11-20(18)25(2)17-8-4-3-5-9-17/h3-14,23H,15H2,1-2H3,(H,24,27). The molecule has 0 aliphatic carbocycles. The van der Waals surface area contributed by atoms with Gasteiger partial charge in [0, 0.05) is 18.8 Å². The fourth-order valence-electron chi connectivity index (χ4n) is 2.97. The zero-order valence-corrected chi connectivity index (χ0v) is 16.3. The van der Waals surface area contributed by atoms with E-state index in [1.807, 2.05) is 66.5 Å². The highest BCUT2D eigenvalue weighted by atomic mass is 16.6. The second-order valence-corrected chi connectivity index (χ2v) is 6.59. The van der Waals surface area contributed by atoms with E-state index in [9.17, 15) is 14.9 Å². The zero-order chi connectivity index (χ0) is 20.8. The maximum atomic E-state index is 12.4. The molecule has 0 atom stereocenters. The third-order valence-electron chi connectivity index (χ3n) is 4.47. The van der Waals surface area contributed by atoms with Crippen molar-refractivity contribution >= 4 is 34.3 Å². The number of nitrogens with zero attached hydrogens (tertiary/aromatic N) is 2. The number of nitro benzene ring substituents is 1. The van der Waals surface area contributed by atoms with E-state index >= 15 is 0 Å². The van der Waals surface area contributed by atoms with Gasteiger partial charge in [-0.1, -0.05) is 36.4 Å². The summed E-state index contributed by atoms with van der Waals surface area (Å²) in [6.45, 7) is 1.74. The van der Waals surface area contributed by atoms with E-state index in [-0.39, 0.29) is 23.8 Å². The van der Waals surface area contributed by atoms with E-state index in [1.165, 1.54) is 6.07 Å². The van der Waals surface area contributed by atoms with Gasteiger partial charge in [0.1, 0.15) is 5.69 Å². The molecule has 3 aromatic rings. The van der Waals surface area contributed by atoms with Crippen molar-refractivity contribution in [2.75, 3.05) is 29.1 Å². The van der Waals surface area contributed by atoms with E-state index in [4.69, 9.17) is 0 Å². The van der Waals surface area contributed by atoms with Crippen molar-refractivity contribution in [3.63, 3.8) is 0 Å². The summed E-state index contributed by atoms with van der Waals surface area (Å²) in [7, 11) is 1.95. The summed E-state index contributed by atoms with van der Waals surface area (Å²) >= 11 is 0. The van der Waals surface area contributed by atoms with Crippen molar-refractivity contribution in [2.45, 2.75) is 6.92 Å². The van der Waals surface area contributed by atoms with Crippen molar-refractivity contribution in [3.8, 4) is 0 Å². The molecule has 0 heterocycles. The summed E-state index contributed by atoms with van der Waals surface area (Å²) in [5.41, 5.74) is 3.53. The second kappa shape index (κ2) is 8.88. The third kappa shape index (κ3) is 4.90. The van der Waals surface area contributed by atoms with Gasteiger partial charge in [-0.25, -0.2) is 0 Å². The quantitative estimate of drug-likeness (QED) is 0.450. The van der Waals surface area contributed by atoms with Crippen molar-refractivity contribution in [3.05, 3.63) is 88.5 Å². The maximum absolute atomic E-state index is 12.4. The molecule has 0 aliphatic rings. The van der Waals surface area contributed by atoms with Crippen LogP contribution in [0.3, 0.4) is 0 Å². The Kier molecular flexibility index (Phi) is 6.09. The molecule has 2 N–H and O–H groups in total. The Labute approximate surface area is 169 Å². The summed E-state index contributed by atoms with van der Waals surface area (Å²) < 4.78 is 0. The van der Waals surface area contributed by atoms with E-state index in [1.54, 1.807) is 19.1 Å². The molecule has 3 rings (SSSR count). The summed E-state index contributed by atoms with van der Waals surface area (Å²) in [4.78, 5) is 25.1. The molecule has 7 nitrogen and oxygen atoms in total. The molecular formula is C22H22N4O3. The Morgan fingerprint density at radius 3 is 2.41 bits per heavy atom. The number of hydrogen-bond acceptors (Lipinski definition) is 5. The molecule has 148 valence electrons. The molecule has 0 saturated carbocycles. The smallest absolute Gasteiger partial charge is 0.293 e. The predicted molar refractivity (Wildman–Crippen MR) is 116 cm³/mol. The predicted octanol–water partition coefficient (Wildman–Crippen LogP) is 4.72. The molecular weight excluding hydrogens is 368 g/mol. The molecule has 1 amide bonds. The zero-order valence-electron chi connectivity index (χ0n) is 16.3. The van der Waals surface area contributed by atoms with Gasteiger partial charge in [-0.15, -0.1) is 0 Å². The number of hydrogen-bond donors (Lipinski definition) is 2. The highest BCUT2D eigenvalue weighted by molar-refractivity contribution is 5.96. The van der Waals surface area contributed by atoms with Gasteiger partial charge >= 0.3 is 0 Å². The highest BCUT2D eigenvalue weighted by Crippen LogP contribution is 2.30. The number of nitrogens with one attached hydrogen (secondary N) is 2. The lowest BCUT2D eigenvalue weighted by molar-refractivity contribution is -0.384. The highest BCUT2D eigenvalue weighted by Gasteiger charge is 2.16. The van der Waals surface area contributed by atoms with Crippen LogP contribution >= 0.6 is 0 Å². The molecule has 29 heavy (non-hydrogen) atoms. The molecule has 0 spiro atoms. The fourth-order valence-corrected chi connectivity index (χ4v) is 2.97. The van der Waals surface area contributed by atoms with Gasteiger partial charge in [-0.05, 0) is 42.8 Å². The Morgan fingerprint density at radius 2 is 1.69 bits per heavy atom. The lowest BCUT2D eigenvalue weighted by Crippen LogP contribution is -2.23. The van der Waals surface area contributed by atoms with Gasteiger partial charge in [-0.2, -0.15) is 0 Å². The van der Waals surface area contributed by atoms with E-state index in [0.29, 0.717) is 0 Å². The molecule has 0 saturated heterocycles. The second-order valence-electron chi connectivity index (χ2n) is 6.59. The number of benzene rings is 3. The van der Waals surface area contributed by atoms with E-state index in [2.05, 4.69) is 10.6 Å². The van der Waals surface area contributed by atoms with Crippen LogP contribution in [0, 0.1) is 17.0 Å². The fraction of sp³-hybridized carbons (Fsp3) is 0.136. The van der Waals surface area contributed by atoms with Gasteiger partial charge in [0.25, 0.3) is 5.69 Å². The first-order valence-electron chi connectivity index (χ1n) is 9.12. The van der Waals surface area contributed by atoms with Crippen LogP contribution in [0.4, 0.5) is 28.4 Å². The topological polar surface area (TPSA) is 87.5 Å². The number of aryl methyl sites for hydroxylation is 1. The Morgan fingerprint density at radius 1 is 1.00 bits per heavy atom. The van der Waals surface area contributed by atoms with Crippen LogP contribution in [0.2, 0.25) is 0 Å². The summed E-state index contributed by atoms with van der Waals surface area (Å²) in [6.07, 6.45) is 0. The number of para-hydroxylation sites is 3. The number of amides is 1. The minimum atomic E-state index is -0.500. The number of nitro groups is 1. The summed E-state index contributed by atoms with van der Waals surface area (Å²) in [6, 6.07) is 22.2. The van der Waals surface area contributed by atoms with Gasteiger partial charge in [0.15, 0.2) is 0 Å². The average molecular weight is 390 g/mol. The Hall–Kier alpha value is -3.87. The molecule has 3 aromatic carbocycles. The first-order valence-corrected chi connectivity index (χ1v) is 9.12. The summed E-state index contributed by atoms with van der Waals surface area (Å²) in [5, 5.41) is 17.0. The minimum Gasteiger partial charge on any atom is -0.374 e. The third-order valence-corrected chi connectivity index (χ3v) is 4.47. The van der Waals surface area contributed by atoms with Crippen molar-refractivity contribution in [1.29, 1.82) is 0 Å². The molecule has 0 bridgehead atoms. The number of rotatable bonds is 7. The van der Waals surface area contributed by atoms with E-state index < -0.39 is 4.92 Å². The van der Waals surface area contributed by atoms with Crippen molar-refractivity contribution in [2.24, 2.45) is 0 Å². The number of carbonyl (C=O) groups is 1. The number of anilines is 4. The van der Waals surface area contributed by atoms with Gasteiger partial charge < -0.3 is 15.5 Å². The summed E-state index contributed by atoms with van der Waals surface area (Å²) in [5.74, 6) is -0.367. The first kappa shape index (κ1) is 19.9. The van der Waals surface area contributed by atoms with Gasteiger partial charge in [-0.3, -0.25) is 14.9 Å². The monoisotopic (exact) mass is 390 g/mol. The van der Waals surface area contributed by atoms with Crippen LogP contribution < -0.4 is 15.5 Å². The molecule has 0 fully saturated rings. The lowest BCUT2D eigenvalue weighted by Gasteiger charge is -2.23. The normalized spacial score (nSPS) is 10.3. The van der Waals surface area contributed by atoms with Crippen molar-refractivity contribution < 1.29 is 9.72 Å².